The summed E-state index contributed by atoms with van der Waals surface area (Å²) in [6, 6.07) is 4.25. The molecule has 1 aromatic heterocycles. The van der Waals surface area contributed by atoms with Gasteiger partial charge in [-0.25, -0.2) is 9.37 Å². The molecule has 20 heavy (non-hydrogen) atoms. The number of hydrogen-bond donors (Lipinski definition) is 1. The van der Waals surface area contributed by atoms with Gasteiger partial charge in [-0.3, -0.25) is 0 Å². The highest BCUT2D eigenvalue weighted by atomic mass is 32.1. The van der Waals surface area contributed by atoms with Crippen LogP contribution in [0.3, 0.4) is 0 Å². The lowest BCUT2D eigenvalue weighted by Gasteiger charge is -2.06. The van der Waals surface area contributed by atoms with Crippen molar-refractivity contribution in [3.05, 3.63) is 45.9 Å². The molecular formula is C14H16F2N2OS. The molecule has 6 heteroatoms. The van der Waals surface area contributed by atoms with Crippen LogP contribution < -0.4 is 10.1 Å². The summed E-state index contributed by atoms with van der Waals surface area (Å²) in [4.78, 5) is 4.36. The second-order valence-electron chi connectivity index (χ2n) is 4.61. The number of benzene rings is 1. The van der Waals surface area contributed by atoms with E-state index in [9.17, 15) is 8.78 Å². The summed E-state index contributed by atoms with van der Waals surface area (Å²) < 4.78 is 31.7. The van der Waals surface area contributed by atoms with Crippen molar-refractivity contribution in [2.45, 2.75) is 33.0 Å². The monoisotopic (exact) mass is 298 g/mol. The van der Waals surface area contributed by atoms with Crippen LogP contribution in [0.1, 0.15) is 24.5 Å². The average Bonchev–Trinajstić information content (AvgIpc) is 2.86. The number of hydrogen-bond acceptors (Lipinski definition) is 4. The highest BCUT2D eigenvalue weighted by Crippen LogP contribution is 2.20. The molecule has 0 saturated heterocycles. The first-order valence-corrected chi connectivity index (χ1v) is 7.17. The van der Waals surface area contributed by atoms with Crippen LogP contribution in [0.2, 0.25) is 0 Å². The molecular weight excluding hydrogens is 282 g/mol. The van der Waals surface area contributed by atoms with Crippen LogP contribution in [0.4, 0.5) is 8.78 Å². The van der Waals surface area contributed by atoms with Crippen molar-refractivity contribution in [3.63, 3.8) is 0 Å². The van der Waals surface area contributed by atoms with Crippen LogP contribution in [-0.4, -0.2) is 11.0 Å². The Morgan fingerprint density at radius 2 is 2.15 bits per heavy atom. The number of nitrogens with zero attached hydrogens (tertiary/aromatic N) is 1. The van der Waals surface area contributed by atoms with E-state index in [2.05, 4.69) is 24.1 Å². The predicted octanol–water partition coefficient (Wildman–Crippen LogP) is 3.50. The highest BCUT2D eigenvalue weighted by molar-refractivity contribution is 7.09. The van der Waals surface area contributed by atoms with E-state index in [-0.39, 0.29) is 12.4 Å². The molecule has 0 spiro atoms. The lowest BCUT2D eigenvalue weighted by atomic mass is 10.3. The summed E-state index contributed by atoms with van der Waals surface area (Å²) in [5.41, 5.74) is 0.708. The summed E-state index contributed by atoms with van der Waals surface area (Å²) in [6.45, 7) is 4.93. The summed E-state index contributed by atoms with van der Waals surface area (Å²) in [6.07, 6.45) is 0. The van der Waals surface area contributed by atoms with E-state index >= 15 is 0 Å². The molecule has 3 nitrogen and oxygen atoms in total. The summed E-state index contributed by atoms with van der Waals surface area (Å²) in [5.74, 6) is -1.98. The number of aromatic nitrogens is 1. The Bertz CT molecular complexity index is 572. The Labute approximate surface area is 120 Å². The van der Waals surface area contributed by atoms with Crippen LogP contribution in [0.15, 0.2) is 23.6 Å². The molecule has 2 rings (SSSR count). The van der Waals surface area contributed by atoms with E-state index in [1.54, 1.807) is 0 Å². The van der Waals surface area contributed by atoms with E-state index in [1.165, 1.54) is 23.5 Å². The van der Waals surface area contributed by atoms with Crippen molar-refractivity contribution in [2.75, 3.05) is 0 Å². The molecule has 1 heterocycles. The predicted molar refractivity (Wildman–Crippen MR) is 74.8 cm³/mol. The normalized spacial score (nSPS) is 11.1. The zero-order valence-corrected chi connectivity index (χ0v) is 12.1. The summed E-state index contributed by atoms with van der Waals surface area (Å²) in [5, 5.41) is 6.06. The molecule has 0 fully saturated rings. The Kier molecular flexibility index (Phi) is 5.03. The maximum atomic E-state index is 13.4. The number of thiazole rings is 1. The maximum Gasteiger partial charge on any atom is 0.200 e. The van der Waals surface area contributed by atoms with E-state index in [4.69, 9.17) is 4.74 Å². The molecule has 1 aromatic carbocycles. The lowest BCUT2D eigenvalue weighted by molar-refractivity contribution is 0.281. The van der Waals surface area contributed by atoms with E-state index in [0.29, 0.717) is 18.3 Å². The summed E-state index contributed by atoms with van der Waals surface area (Å²) in [7, 11) is 0. The Morgan fingerprint density at radius 3 is 2.90 bits per heavy atom. The van der Waals surface area contributed by atoms with Gasteiger partial charge in [0.1, 0.15) is 11.6 Å². The average molecular weight is 298 g/mol. The van der Waals surface area contributed by atoms with Gasteiger partial charge in [-0.15, -0.1) is 11.3 Å². The van der Waals surface area contributed by atoms with Crippen molar-refractivity contribution >= 4 is 11.3 Å². The number of rotatable bonds is 6. The van der Waals surface area contributed by atoms with Crippen LogP contribution in [0.25, 0.3) is 0 Å². The molecule has 0 aliphatic rings. The fourth-order valence-electron chi connectivity index (χ4n) is 1.54. The Balaban J connectivity index is 1.92. The minimum atomic E-state index is -0.968. The molecule has 0 saturated carbocycles. The largest absolute Gasteiger partial charge is 0.484 e. The fraction of sp³-hybridized carbons (Fsp3) is 0.357. The molecule has 0 atom stereocenters. The zero-order chi connectivity index (χ0) is 14.5. The van der Waals surface area contributed by atoms with Crippen LogP contribution in [0, 0.1) is 11.6 Å². The first-order valence-electron chi connectivity index (χ1n) is 6.29. The molecule has 1 N–H and O–H groups in total. The fourth-order valence-corrected chi connectivity index (χ4v) is 2.26. The maximum absolute atomic E-state index is 13.4. The third-order valence-electron chi connectivity index (χ3n) is 2.55. The smallest absolute Gasteiger partial charge is 0.200 e. The second-order valence-corrected chi connectivity index (χ2v) is 5.55. The number of ether oxygens (including phenoxy) is 1. The van der Waals surface area contributed by atoms with Gasteiger partial charge in [0.2, 0.25) is 5.82 Å². The second kappa shape index (κ2) is 6.76. The van der Waals surface area contributed by atoms with Gasteiger partial charge in [0.05, 0.1) is 5.69 Å². The van der Waals surface area contributed by atoms with Crippen molar-refractivity contribution in [2.24, 2.45) is 0 Å². The summed E-state index contributed by atoms with van der Waals surface area (Å²) >= 11 is 1.51. The minimum Gasteiger partial charge on any atom is -0.484 e. The molecule has 0 amide bonds. The third kappa shape index (κ3) is 3.98. The lowest BCUT2D eigenvalue weighted by Crippen LogP contribution is -2.21. The quantitative estimate of drug-likeness (QED) is 0.886. The van der Waals surface area contributed by atoms with Crippen molar-refractivity contribution < 1.29 is 13.5 Å². The molecule has 0 radical (unpaired) electrons. The molecule has 108 valence electrons. The first kappa shape index (κ1) is 14.9. The topological polar surface area (TPSA) is 34.2 Å². The zero-order valence-electron chi connectivity index (χ0n) is 11.3. The Morgan fingerprint density at radius 1 is 1.35 bits per heavy atom. The van der Waals surface area contributed by atoms with Crippen LogP contribution in [-0.2, 0) is 13.2 Å². The van der Waals surface area contributed by atoms with E-state index in [0.717, 1.165) is 11.1 Å². The highest BCUT2D eigenvalue weighted by Gasteiger charge is 2.10. The minimum absolute atomic E-state index is 0.0974. The number of halogens is 2. The van der Waals surface area contributed by atoms with Gasteiger partial charge >= 0.3 is 0 Å². The van der Waals surface area contributed by atoms with Gasteiger partial charge in [-0.05, 0) is 12.1 Å². The van der Waals surface area contributed by atoms with Gasteiger partial charge in [-0.1, -0.05) is 19.9 Å². The Hall–Kier alpha value is -1.53. The third-order valence-corrected chi connectivity index (χ3v) is 3.45. The van der Waals surface area contributed by atoms with Gasteiger partial charge < -0.3 is 10.1 Å². The molecule has 0 aliphatic heterocycles. The van der Waals surface area contributed by atoms with Crippen molar-refractivity contribution in [1.82, 2.24) is 10.3 Å². The van der Waals surface area contributed by atoms with Crippen LogP contribution >= 0.6 is 11.3 Å². The van der Waals surface area contributed by atoms with Crippen molar-refractivity contribution in [3.8, 4) is 5.75 Å². The molecule has 0 aliphatic carbocycles. The van der Waals surface area contributed by atoms with E-state index < -0.39 is 11.6 Å². The SMILES string of the molecule is CC(C)NCc1nc(COc2cccc(F)c2F)cs1. The van der Waals surface area contributed by atoms with Crippen molar-refractivity contribution in [1.29, 1.82) is 0 Å². The standard InChI is InChI=1S/C14H16F2N2OS/c1-9(2)17-6-13-18-10(8-20-13)7-19-12-5-3-4-11(15)14(12)16/h3-5,8-9,17H,6-7H2,1-2H3. The van der Waals surface area contributed by atoms with Gasteiger partial charge in [0.15, 0.2) is 11.6 Å². The molecule has 2 aromatic rings. The first-order chi connectivity index (χ1) is 9.56. The van der Waals surface area contributed by atoms with E-state index in [1.807, 2.05) is 5.38 Å². The van der Waals surface area contributed by atoms with Gasteiger partial charge in [0, 0.05) is 18.0 Å². The van der Waals surface area contributed by atoms with Gasteiger partial charge in [0.25, 0.3) is 0 Å². The number of nitrogens with one attached hydrogen (secondary N) is 1. The van der Waals surface area contributed by atoms with Gasteiger partial charge in [-0.2, -0.15) is 4.39 Å². The molecule has 0 bridgehead atoms. The molecule has 0 unspecified atom stereocenters. The van der Waals surface area contributed by atoms with Crippen LogP contribution in [0.5, 0.6) is 5.75 Å².